The molecule has 0 aliphatic carbocycles. The minimum atomic E-state index is -0.425. The SMILES string of the molecule is CCn1nc(C)cc1CC(C)(N)c1ccc(OC)cc1. The summed E-state index contributed by atoms with van der Waals surface area (Å²) in [4.78, 5) is 0. The van der Waals surface area contributed by atoms with Gasteiger partial charge in [0.25, 0.3) is 0 Å². The number of nitrogens with two attached hydrogens (primary N) is 1. The van der Waals surface area contributed by atoms with Gasteiger partial charge in [0, 0.05) is 24.2 Å². The summed E-state index contributed by atoms with van der Waals surface area (Å²) in [6.45, 7) is 7.02. The predicted octanol–water partition coefficient (Wildman–Crippen LogP) is 2.64. The van der Waals surface area contributed by atoms with Gasteiger partial charge in [-0.1, -0.05) is 12.1 Å². The molecule has 2 rings (SSSR count). The molecule has 0 aliphatic rings. The summed E-state index contributed by atoms with van der Waals surface area (Å²) in [5.74, 6) is 0.846. The number of ether oxygens (including phenoxy) is 1. The molecule has 0 spiro atoms. The van der Waals surface area contributed by atoms with E-state index in [0.29, 0.717) is 0 Å². The van der Waals surface area contributed by atoms with Crippen molar-refractivity contribution >= 4 is 0 Å². The van der Waals surface area contributed by atoms with Gasteiger partial charge in [0.2, 0.25) is 0 Å². The Labute approximate surface area is 120 Å². The molecule has 108 valence electrons. The molecule has 4 nitrogen and oxygen atoms in total. The molecule has 1 atom stereocenters. The van der Waals surface area contributed by atoms with E-state index in [1.165, 1.54) is 5.69 Å². The van der Waals surface area contributed by atoms with Crippen LogP contribution in [0.1, 0.15) is 30.8 Å². The Kier molecular flexibility index (Phi) is 4.14. The highest BCUT2D eigenvalue weighted by Crippen LogP contribution is 2.25. The zero-order valence-corrected chi connectivity index (χ0v) is 12.7. The van der Waals surface area contributed by atoms with Crippen molar-refractivity contribution in [1.82, 2.24) is 9.78 Å². The van der Waals surface area contributed by atoms with Crippen LogP contribution in [0, 0.1) is 6.92 Å². The smallest absolute Gasteiger partial charge is 0.118 e. The summed E-state index contributed by atoms with van der Waals surface area (Å²) < 4.78 is 7.20. The summed E-state index contributed by atoms with van der Waals surface area (Å²) >= 11 is 0. The fraction of sp³-hybridized carbons (Fsp3) is 0.438. The molecule has 1 heterocycles. The van der Waals surface area contributed by atoms with E-state index in [2.05, 4.69) is 25.0 Å². The normalized spacial score (nSPS) is 14.1. The summed E-state index contributed by atoms with van der Waals surface area (Å²) in [5, 5.41) is 4.48. The number of hydrogen-bond donors (Lipinski definition) is 1. The molecule has 1 aromatic heterocycles. The maximum absolute atomic E-state index is 6.51. The summed E-state index contributed by atoms with van der Waals surface area (Å²) in [6.07, 6.45) is 0.758. The number of nitrogens with zero attached hydrogens (tertiary/aromatic N) is 2. The second-order valence-electron chi connectivity index (χ2n) is 5.42. The summed E-state index contributed by atoms with van der Waals surface area (Å²) in [7, 11) is 1.67. The molecular weight excluding hydrogens is 250 g/mol. The highest BCUT2D eigenvalue weighted by Gasteiger charge is 2.23. The molecule has 0 amide bonds. The van der Waals surface area contributed by atoms with Crippen LogP contribution in [-0.2, 0) is 18.5 Å². The number of rotatable bonds is 5. The van der Waals surface area contributed by atoms with Gasteiger partial charge in [-0.05, 0) is 44.5 Å². The van der Waals surface area contributed by atoms with Gasteiger partial charge in [-0.3, -0.25) is 4.68 Å². The first-order chi connectivity index (χ1) is 9.46. The van der Waals surface area contributed by atoms with Gasteiger partial charge < -0.3 is 10.5 Å². The minimum absolute atomic E-state index is 0.425. The third-order valence-corrected chi connectivity index (χ3v) is 3.58. The van der Waals surface area contributed by atoms with Crippen molar-refractivity contribution in [3.63, 3.8) is 0 Å². The van der Waals surface area contributed by atoms with Gasteiger partial charge in [-0.25, -0.2) is 0 Å². The Morgan fingerprint density at radius 1 is 1.30 bits per heavy atom. The van der Waals surface area contributed by atoms with Gasteiger partial charge in [0.15, 0.2) is 0 Å². The van der Waals surface area contributed by atoms with Crippen LogP contribution in [-0.4, -0.2) is 16.9 Å². The van der Waals surface area contributed by atoms with Crippen LogP contribution in [0.3, 0.4) is 0 Å². The monoisotopic (exact) mass is 273 g/mol. The number of methoxy groups -OCH3 is 1. The van der Waals surface area contributed by atoms with Crippen LogP contribution in [0.25, 0.3) is 0 Å². The molecule has 2 aromatic rings. The third-order valence-electron chi connectivity index (χ3n) is 3.58. The van der Waals surface area contributed by atoms with Crippen molar-refractivity contribution in [3.05, 3.63) is 47.3 Å². The number of hydrogen-bond acceptors (Lipinski definition) is 3. The Hall–Kier alpha value is -1.81. The van der Waals surface area contributed by atoms with Crippen molar-refractivity contribution < 1.29 is 4.74 Å². The fourth-order valence-electron chi connectivity index (χ4n) is 2.47. The van der Waals surface area contributed by atoms with Crippen molar-refractivity contribution in [1.29, 1.82) is 0 Å². The number of aryl methyl sites for hydroxylation is 2. The third kappa shape index (κ3) is 3.02. The van der Waals surface area contributed by atoms with E-state index in [-0.39, 0.29) is 0 Å². The van der Waals surface area contributed by atoms with E-state index in [1.54, 1.807) is 7.11 Å². The summed E-state index contributed by atoms with van der Waals surface area (Å²) in [5.41, 5.74) is 9.39. The van der Waals surface area contributed by atoms with E-state index in [4.69, 9.17) is 10.5 Å². The van der Waals surface area contributed by atoms with Gasteiger partial charge in [-0.15, -0.1) is 0 Å². The lowest BCUT2D eigenvalue weighted by atomic mass is 9.88. The van der Waals surface area contributed by atoms with E-state index < -0.39 is 5.54 Å². The lowest BCUT2D eigenvalue weighted by Gasteiger charge is -2.25. The van der Waals surface area contributed by atoms with Gasteiger partial charge in [0.1, 0.15) is 5.75 Å². The molecular formula is C16H23N3O. The maximum atomic E-state index is 6.51. The lowest BCUT2D eigenvalue weighted by molar-refractivity contribution is 0.413. The molecule has 0 aliphatic heterocycles. The van der Waals surface area contributed by atoms with E-state index >= 15 is 0 Å². The molecule has 0 saturated heterocycles. The average Bonchev–Trinajstić information content (AvgIpc) is 2.78. The van der Waals surface area contributed by atoms with E-state index in [9.17, 15) is 0 Å². The van der Waals surface area contributed by atoms with Crippen molar-refractivity contribution in [2.75, 3.05) is 7.11 Å². The van der Waals surface area contributed by atoms with Crippen LogP contribution in [0.4, 0.5) is 0 Å². The first kappa shape index (κ1) is 14.6. The number of benzene rings is 1. The highest BCUT2D eigenvalue weighted by molar-refractivity contribution is 5.32. The predicted molar refractivity (Wildman–Crippen MR) is 80.9 cm³/mol. The lowest BCUT2D eigenvalue weighted by Crippen LogP contribution is -2.36. The zero-order valence-electron chi connectivity index (χ0n) is 12.7. The van der Waals surface area contributed by atoms with Crippen molar-refractivity contribution in [2.24, 2.45) is 5.73 Å². The highest BCUT2D eigenvalue weighted by atomic mass is 16.5. The second-order valence-corrected chi connectivity index (χ2v) is 5.42. The molecule has 0 saturated carbocycles. The van der Waals surface area contributed by atoms with E-state index in [0.717, 1.165) is 30.0 Å². The topological polar surface area (TPSA) is 53.1 Å². The Balaban J connectivity index is 2.24. The second kappa shape index (κ2) is 5.67. The van der Waals surface area contributed by atoms with Crippen LogP contribution >= 0.6 is 0 Å². The molecule has 4 heteroatoms. The quantitative estimate of drug-likeness (QED) is 0.911. The Bertz CT molecular complexity index is 570. The van der Waals surface area contributed by atoms with Crippen molar-refractivity contribution in [3.8, 4) is 5.75 Å². The van der Waals surface area contributed by atoms with Crippen LogP contribution in [0.15, 0.2) is 30.3 Å². The zero-order chi connectivity index (χ0) is 14.8. The van der Waals surface area contributed by atoms with Gasteiger partial charge in [-0.2, -0.15) is 5.10 Å². The molecule has 0 fully saturated rings. The molecule has 1 unspecified atom stereocenters. The Morgan fingerprint density at radius 2 is 1.95 bits per heavy atom. The van der Waals surface area contributed by atoms with Crippen LogP contribution in [0.2, 0.25) is 0 Å². The Morgan fingerprint density at radius 3 is 2.50 bits per heavy atom. The first-order valence-electron chi connectivity index (χ1n) is 6.93. The maximum Gasteiger partial charge on any atom is 0.118 e. The molecule has 0 radical (unpaired) electrons. The molecule has 20 heavy (non-hydrogen) atoms. The minimum Gasteiger partial charge on any atom is -0.497 e. The summed E-state index contributed by atoms with van der Waals surface area (Å²) in [6, 6.07) is 10.1. The van der Waals surface area contributed by atoms with Crippen LogP contribution in [0.5, 0.6) is 5.75 Å². The van der Waals surface area contributed by atoms with Crippen LogP contribution < -0.4 is 10.5 Å². The fourth-order valence-corrected chi connectivity index (χ4v) is 2.47. The number of aromatic nitrogens is 2. The molecule has 2 N–H and O–H groups in total. The largest absolute Gasteiger partial charge is 0.497 e. The standard InChI is InChI=1S/C16H23N3O/c1-5-19-14(10-12(2)18-19)11-16(3,17)13-6-8-15(20-4)9-7-13/h6-10H,5,11,17H2,1-4H3. The molecule has 0 bridgehead atoms. The molecule has 1 aromatic carbocycles. The average molecular weight is 273 g/mol. The van der Waals surface area contributed by atoms with E-state index in [1.807, 2.05) is 35.9 Å². The van der Waals surface area contributed by atoms with Gasteiger partial charge >= 0.3 is 0 Å². The first-order valence-corrected chi connectivity index (χ1v) is 6.93. The van der Waals surface area contributed by atoms with Crippen molar-refractivity contribution in [2.45, 2.75) is 39.3 Å². The van der Waals surface area contributed by atoms with Gasteiger partial charge in [0.05, 0.1) is 12.8 Å².